The summed E-state index contributed by atoms with van der Waals surface area (Å²) < 4.78 is 10.8. The summed E-state index contributed by atoms with van der Waals surface area (Å²) in [5.41, 5.74) is 6.37. The van der Waals surface area contributed by atoms with Crippen molar-refractivity contribution in [2.45, 2.75) is 32.1 Å². The first-order chi connectivity index (χ1) is 16.1. The molecular formula is C26H27N3O4. The van der Waals surface area contributed by atoms with Gasteiger partial charge in [-0.15, -0.1) is 0 Å². The topological polar surface area (TPSA) is 83.9 Å². The van der Waals surface area contributed by atoms with Crippen LogP contribution in [-0.2, 0) is 6.42 Å². The first kappa shape index (κ1) is 21.1. The van der Waals surface area contributed by atoms with Gasteiger partial charge in [0.05, 0.1) is 23.6 Å². The molecule has 0 fully saturated rings. The molecule has 0 spiro atoms. The summed E-state index contributed by atoms with van der Waals surface area (Å²) in [6.45, 7) is 4.03. The number of hydrogen-bond donors (Lipinski definition) is 2. The summed E-state index contributed by atoms with van der Waals surface area (Å²) in [6, 6.07) is 16.5. The first-order valence-electron chi connectivity index (χ1n) is 11.3. The molecule has 2 aromatic carbocycles. The van der Waals surface area contributed by atoms with Gasteiger partial charge in [-0.05, 0) is 61.6 Å². The number of carbonyl (C=O) groups is 1. The van der Waals surface area contributed by atoms with Crippen LogP contribution in [0.15, 0.2) is 54.7 Å². The molecule has 33 heavy (non-hydrogen) atoms. The van der Waals surface area contributed by atoms with Crippen LogP contribution < -0.4 is 19.7 Å². The Kier molecular flexibility index (Phi) is 5.77. The molecule has 2 aliphatic rings. The highest BCUT2D eigenvalue weighted by Gasteiger charge is 2.24. The van der Waals surface area contributed by atoms with E-state index in [-0.39, 0.29) is 5.75 Å². The molecule has 7 heteroatoms. The fraction of sp³-hybridized carbons (Fsp3) is 0.308. The maximum Gasteiger partial charge on any atom is 0.511 e. The highest BCUT2D eigenvalue weighted by atomic mass is 16.7. The van der Waals surface area contributed by atoms with Crippen molar-refractivity contribution in [3.8, 4) is 11.5 Å². The molecular weight excluding hydrogens is 418 g/mol. The highest BCUT2D eigenvalue weighted by Crippen LogP contribution is 2.40. The summed E-state index contributed by atoms with van der Waals surface area (Å²) in [5, 5.41) is 12.5. The average Bonchev–Trinajstić information content (AvgIpc) is 2.82. The number of benzene rings is 2. The van der Waals surface area contributed by atoms with Crippen LogP contribution in [0.1, 0.15) is 35.6 Å². The van der Waals surface area contributed by atoms with Gasteiger partial charge in [-0.3, -0.25) is 4.98 Å². The molecule has 0 saturated carbocycles. The SMILES string of the molecule is Cc1nccc(OC(=O)O)c1NC[C@@H]1CCCc2cc(N3CCOc4ccccc43)ccc21. The second-order valence-electron chi connectivity index (χ2n) is 8.46. The molecule has 1 aromatic heterocycles. The van der Waals surface area contributed by atoms with E-state index in [1.807, 2.05) is 25.1 Å². The van der Waals surface area contributed by atoms with Gasteiger partial charge in [0.25, 0.3) is 0 Å². The molecule has 170 valence electrons. The van der Waals surface area contributed by atoms with Crippen molar-refractivity contribution in [3.63, 3.8) is 0 Å². The smallest absolute Gasteiger partial charge is 0.490 e. The minimum Gasteiger partial charge on any atom is -0.490 e. The molecule has 0 unspecified atom stereocenters. The predicted octanol–water partition coefficient (Wildman–Crippen LogP) is 5.51. The number of nitrogens with one attached hydrogen (secondary N) is 1. The number of nitrogens with zero attached hydrogens (tertiary/aromatic N) is 2. The number of fused-ring (bicyclic) bond motifs is 2. The van der Waals surface area contributed by atoms with Crippen LogP contribution in [0.2, 0.25) is 0 Å². The van der Waals surface area contributed by atoms with Crippen molar-refractivity contribution in [1.82, 2.24) is 4.98 Å². The summed E-state index contributed by atoms with van der Waals surface area (Å²) in [5.74, 6) is 1.54. The molecule has 2 N–H and O–H groups in total. The molecule has 5 rings (SSSR count). The number of carboxylic acid groups (broad SMARTS) is 1. The van der Waals surface area contributed by atoms with E-state index in [9.17, 15) is 4.79 Å². The maximum atomic E-state index is 11.1. The zero-order valence-electron chi connectivity index (χ0n) is 18.6. The van der Waals surface area contributed by atoms with Crippen molar-refractivity contribution in [3.05, 3.63) is 71.5 Å². The van der Waals surface area contributed by atoms with Crippen molar-refractivity contribution < 1.29 is 19.4 Å². The van der Waals surface area contributed by atoms with Gasteiger partial charge in [0.2, 0.25) is 0 Å². The van der Waals surface area contributed by atoms with E-state index >= 15 is 0 Å². The molecule has 7 nitrogen and oxygen atoms in total. The molecule has 0 bridgehead atoms. The van der Waals surface area contributed by atoms with Gasteiger partial charge in [-0.2, -0.15) is 0 Å². The fourth-order valence-electron chi connectivity index (χ4n) is 4.88. The van der Waals surface area contributed by atoms with E-state index in [1.54, 1.807) is 12.3 Å². The van der Waals surface area contributed by atoms with Gasteiger partial charge in [0, 0.05) is 30.4 Å². The molecule has 0 saturated heterocycles. The Bertz CT molecular complexity index is 1180. The Morgan fingerprint density at radius 2 is 2.15 bits per heavy atom. The fourth-order valence-corrected chi connectivity index (χ4v) is 4.88. The van der Waals surface area contributed by atoms with Crippen LogP contribution in [0, 0.1) is 6.92 Å². The third-order valence-corrected chi connectivity index (χ3v) is 6.43. The molecule has 1 aliphatic carbocycles. The Morgan fingerprint density at radius 1 is 1.27 bits per heavy atom. The lowest BCUT2D eigenvalue weighted by Gasteiger charge is -2.33. The Morgan fingerprint density at radius 3 is 3.03 bits per heavy atom. The number of ether oxygens (including phenoxy) is 2. The van der Waals surface area contributed by atoms with Gasteiger partial charge in [-0.25, -0.2) is 4.79 Å². The number of hydrogen-bond acceptors (Lipinski definition) is 6. The molecule has 1 atom stereocenters. The number of aryl methyl sites for hydroxylation is 2. The van der Waals surface area contributed by atoms with Gasteiger partial charge < -0.3 is 24.8 Å². The standard InChI is InChI=1S/C26H27N3O4/c1-17-25(24(11-12-27-17)33-26(30)31)28-16-19-6-4-5-18-15-20(9-10-21(18)19)29-13-14-32-23-8-3-2-7-22(23)29/h2-3,7-12,15,19,28H,4-6,13-14,16H2,1H3,(H,30,31)/t19-/m0/s1. The van der Waals surface area contributed by atoms with Crippen LogP contribution in [0.25, 0.3) is 0 Å². The summed E-state index contributed by atoms with van der Waals surface area (Å²) in [6.07, 6.45) is 3.48. The summed E-state index contributed by atoms with van der Waals surface area (Å²) >= 11 is 0. The molecule has 0 amide bonds. The monoisotopic (exact) mass is 445 g/mol. The normalized spacial score (nSPS) is 16.9. The Hall–Kier alpha value is -3.74. The largest absolute Gasteiger partial charge is 0.511 e. The van der Waals surface area contributed by atoms with Crippen molar-refractivity contribution >= 4 is 23.2 Å². The molecule has 0 radical (unpaired) electrons. The van der Waals surface area contributed by atoms with Crippen LogP contribution in [0.4, 0.5) is 21.9 Å². The molecule has 3 aromatic rings. The third kappa shape index (κ3) is 4.31. The summed E-state index contributed by atoms with van der Waals surface area (Å²) in [4.78, 5) is 17.7. The minimum atomic E-state index is -1.33. The number of rotatable bonds is 5. The second-order valence-corrected chi connectivity index (χ2v) is 8.46. The number of pyridine rings is 1. The van der Waals surface area contributed by atoms with Crippen LogP contribution in [0.3, 0.4) is 0 Å². The quantitative estimate of drug-likeness (QED) is 0.501. The number of aromatic nitrogens is 1. The van der Waals surface area contributed by atoms with Gasteiger partial charge in [-0.1, -0.05) is 18.2 Å². The van der Waals surface area contributed by atoms with E-state index in [0.29, 0.717) is 30.5 Å². The lowest BCUT2D eigenvalue weighted by atomic mass is 9.82. The third-order valence-electron chi connectivity index (χ3n) is 6.43. The van der Waals surface area contributed by atoms with Gasteiger partial charge >= 0.3 is 6.16 Å². The summed E-state index contributed by atoms with van der Waals surface area (Å²) in [7, 11) is 0. The lowest BCUT2D eigenvalue weighted by Crippen LogP contribution is -2.28. The van der Waals surface area contributed by atoms with Crippen molar-refractivity contribution in [1.29, 1.82) is 0 Å². The Labute approximate surface area is 193 Å². The van der Waals surface area contributed by atoms with E-state index in [4.69, 9.17) is 14.6 Å². The first-order valence-corrected chi connectivity index (χ1v) is 11.3. The van der Waals surface area contributed by atoms with Gasteiger partial charge in [0.1, 0.15) is 12.4 Å². The minimum absolute atomic E-state index is 0.285. The van der Waals surface area contributed by atoms with Crippen LogP contribution >= 0.6 is 0 Å². The zero-order chi connectivity index (χ0) is 22.8. The predicted molar refractivity (Wildman–Crippen MR) is 127 cm³/mol. The van der Waals surface area contributed by atoms with E-state index in [1.165, 1.54) is 16.8 Å². The van der Waals surface area contributed by atoms with Gasteiger partial charge in [0.15, 0.2) is 5.75 Å². The average molecular weight is 446 g/mol. The Balaban J connectivity index is 1.37. The number of para-hydroxylation sites is 2. The zero-order valence-corrected chi connectivity index (χ0v) is 18.6. The van der Waals surface area contributed by atoms with Crippen LogP contribution in [0.5, 0.6) is 11.5 Å². The molecule has 1 aliphatic heterocycles. The van der Waals surface area contributed by atoms with E-state index < -0.39 is 6.16 Å². The second kappa shape index (κ2) is 9.02. The highest BCUT2D eigenvalue weighted by molar-refractivity contribution is 5.71. The van der Waals surface area contributed by atoms with E-state index in [0.717, 1.165) is 37.2 Å². The molecule has 2 heterocycles. The lowest BCUT2D eigenvalue weighted by molar-refractivity contribution is 0.144. The van der Waals surface area contributed by atoms with Crippen molar-refractivity contribution in [2.24, 2.45) is 0 Å². The number of anilines is 3. The van der Waals surface area contributed by atoms with E-state index in [2.05, 4.69) is 39.5 Å². The maximum absolute atomic E-state index is 11.1. The van der Waals surface area contributed by atoms with Crippen molar-refractivity contribution in [2.75, 3.05) is 29.9 Å². The van der Waals surface area contributed by atoms with Crippen LogP contribution in [-0.4, -0.2) is 35.9 Å².